The third-order valence-corrected chi connectivity index (χ3v) is 3.44. The van der Waals surface area contributed by atoms with Crippen LogP contribution in [-0.2, 0) is 11.3 Å². The molecule has 128 valence electrons. The van der Waals surface area contributed by atoms with Crippen LogP contribution in [0, 0.1) is 6.92 Å². The largest absolute Gasteiger partial charge is 0.467 e. The molecule has 3 aromatic rings. The van der Waals surface area contributed by atoms with Crippen molar-refractivity contribution in [3.63, 3.8) is 0 Å². The maximum atomic E-state index is 11.5. The molecule has 2 N–H and O–H groups in total. The minimum absolute atomic E-state index is 0.372. The van der Waals surface area contributed by atoms with Gasteiger partial charge in [-0.15, -0.1) is 0 Å². The monoisotopic (exact) mass is 338 g/mol. The van der Waals surface area contributed by atoms with Gasteiger partial charge in [-0.2, -0.15) is 4.98 Å². The Labute approximate surface area is 145 Å². The van der Waals surface area contributed by atoms with Crippen LogP contribution in [0.25, 0.3) is 0 Å². The average molecular weight is 338 g/mol. The van der Waals surface area contributed by atoms with Crippen LogP contribution in [0.4, 0.5) is 17.5 Å². The highest BCUT2D eigenvalue weighted by Crippen LogP contribution is 2.17. The Morgan fingerprint density at radius 2 is 2.00 bits per heavy atom. The second-order valence-electron chi connectivity index (χ2n) is 5.35. The molecular formula is C18H18N4O3. The van der Waals surface area contributed by atoms with Gasteiger partial charge in [0.1, 0.15) is 11.6 Å². The molecule has 0 fully saturated rings. The topological polar surface area (TPSA) is 89.3 Å². The predicted octanol–water partition coefficient (Wildman–Crippen LogP) is 3.52. The molecule has 7 heteroatoms. The molecule has 0 aliphatic rings. The molecule has 3 rings (SSSR count). The molecular weight excluding hydrogens is 320 g/mol. The van der Waals surface area contributed by atoms with Gasteiger partial charge in [0, 0.05) is 17.4 Å². The first-order chi connectivity index (χ1) is 12.1. The van der Waals surface area contributed by atoms with E-state index in [0.717, 1.165) is 17.1 Å². The number of esters is 1. The molecule has 0 aliphatic carbocycles. The van der Waals surface area contributed by atoms with Crippen LogP contribution in [0.15, 0.2) is 53.1 Å². The molecule has 25 heavy (non-hydrogen) atoms. The molecule has 0 unspecified atom stereocenters. The van der Waals surface area contributed by atoms with E-state index in [-0.39, 0.29) is 5.97 Å². The molecule has 0 amide bonds. The maximum Gasteiger partial charge on any atom is 0.337 e. The lowest BCUT2D eigenvalue weighted by Crippen LogP contribution is -2.05. The number of aromatic nitrogens is 2. The van der Waals surface area contributed by atoms with Crippen LogP contribution < -0.4 is 10.6 Å². The third kappa shape index (κ3) is 4.35. The molecule has 0 radical (unpaired) electrons. The zero-order chi connectivity index (χ0) is 17.6. The summed E-state index contributed by atoms with van der Waals surface area (Å²) in [6.45, 7) is 2.43. The van der Waals surface area contributed by atoms with Gasteiger partial charge in [-0.3, -0.25) is 0 Å². The summed E-state index contributed by atoms with van der Waals surface area (Å²) in [5.74, 6) is 1.61. The Kier molecular flexibility index (Phi) is 4.94. The van der Waals surface area contributed by atoms with Gasteiger partial charge in [0.2, 0.25) is 5.95 Å². The van der Waals surface area contributed by atoms with Gasteiger partial charge in [-0.25, -0.2) is 9.78 Å². The van der Waals surface area contributed by atoms with Gasteiger partial charge < -0.3 is 19.8 Å². The Morgan fingerprint density at radius 3 is 2.68 bits per heavy atom. The Hall–Kier alpha value is -3.35. The minimum atomic E-state index is -0.372. The van der Waals surface area contributed by atoms with E-state index >= 15 is 0 Å². The van der Waals surface area contributed by atoms with Crippen molar-refractivity contribution in [3.05, 3.63) is 65.7 Å². The number of methoxy groups -OCH3 is 1. The quantitative estimate of drug-likeness (QED) is 0.665. The lowest BCUT2D eigenvalue weighted by Gasteiger charge is -2.09. The zero-order valence-corrected chi connectivity index (χ0v) is 13.9. The number of furan rings is 1. The van der Waals surface area contributed by atoms with Crippen LogP contribution in [0.2, 0.25) is 0 Å². The number of carbonyl (C=O) groups is 1. The van der Waals surface area contributed by atoms with Crippen molar-refractivity contribution in [1.82, 2.24) is 9.97 Å². The SMILES string of the molecule is COC(=O)c1ccc(Nc2nc(C)cc(NCc3ccco3)n2)cc1. The number of rotatable bonds is 6. The molecule has 1 aromatic carbocycles. The van der Waals surface area contributed by atoms with Crippen molar-refractivity contribution in [1.29, 1.82) is 0 Å². The van der Waals surface area contributed by atoms with Gasteiger partial charge in [0.15, 0.2) is 0 Å². The fourth-order valence-electron chi connectivity index (χ4n) is 2.24. The molecule has 0 saturated carbocycles. The normalized spacial score (nSPS) is 10.3. The highest BCUT2D eigenvalue weighted by atomic mass is 16.5. The van der Waals surface area contributed by atoms with Crippen molar-refractivity contribution < 1.29 is 13.9 Å². The fraction of sp³-hybridized carbons (Fsp3) is 0.167. The second-order valence-corrected chi connectivity index (χ2v) is 5.35. The third-order valence-electron chi connectivity index (χ3n) is 3.44. The molecule has 0 aliphatic heterocycles. The first kappa shape index (κ1) is 16.5. The average Bonchev–Trinajstić information content (AvgIpc) is 3.13. The highest BCUT2D eigenvalue weighted by molar-refractivity contribution is 5.89. The number of hydrogen-bond acceptors (Lipinski definition) is 7. The summed E-state index contributed by atoms with van der Waals surface area (Å²) < 4.78 is 9.98. The van der Waals surface area contributed by atoms with Crippen molar-refractivity contribution in [2.24, 2.45) is 0 Å². The number of nitrogens with zero attached hydrogens (tertiary/aromatic N) is 2. The van der Waals surface area contributed by atoms with E-state index in [9.17, 15) is 4.79 Å². The van der Waals surface area contributed by atoms with Gasteiger partial charge >= 0.3 is 5.97 Å². The van der Waals surface area contributed by atoms with E-state index in [1.165, 1.54) is 7.11 Å². The van der Waals surface area contributed by atoms with E-state index in [4.69, 9.17) is 4.42 Å². The molecule has 0 bridgehead atoms. The zero-order valence-electron chi connectivity index (χ0n) is 13.9. The van der Waals surface area contributed by atoms with Gasteiger partial charge in [-0.1, -0.05) is 0 Å². The molecule has 2 heterocycles. The molecule has 2 aromatic heterocycles. The lowest BCUT2D eigenvalue weighted by molar-refractivity contribution is 0.0601. The second kappa shape index (κ2) is 7.48. The number of ether oxygens (including phenoxy) is 1. The fourth-order valence-corrected chi connectivity index (χ4v) is 2.24. The summed E-state index contributed by atoms with van der Waals surface area (Å²) in [6, 6.07) is 12.5. The van der Waals surface area contributed by atoms with Gasteiger partial charge in [-0.05, 0) is 43.3 Å². The van der Waals surface area contributed by atoms with Crippen molar-refractivity contribution in [2.75, 3.05) is 17.7 Å². The lowest BCUT2D eigenvalue weighted by atomic mass is 10.2. The first-order valence-corrected chi connectivity index (χ1v) is 7.71. The summed E-state index contributed by atoms with van der Waals surface area (Å²) in [6.07, 6.45) is 1.63. The summed E-state index contributed by atoms with van der Waals surface area (Å²) in [7, 11) is 1.35. The van der Waals surface area contributed by atoms with Gasteiger partial charge in [0.25, 0.3) is 0 Å². The standard InChI is InChI=1S/C18H18N4O3/c1-12-10-16(19-11-15-4-3-9-25-15)22-18(20-12)21-14-7-5-13(6-8-14)17(23)24-2/h3-10H,11H2,1-2H3,(H2,19,20,21,22). The van der Waals surface area contributed by atoms with Crippen molar-refractivity contribution in [3.8, 4) is 0 Å². The summed E-state index contributed by atoms with van der Waals surface area (Å²) in [5, 5.41) is 6.32. The Bertz CT molecular complexity index is 845. The number of aryl methyl sites for hydroxylation is 1. The summed E-state index contributed by atoms with van der Waals surface area (Å²) in [5.41, 5.74) is 2.08. The number of nitrogens with one attached hydrogen (secondary N) is 2. The van der Waals surface area contributed by atoms with E-state index in [0.29, 0.717) is 23.9 Å². The van der Waals surface area contributed by atoms with E-state index in [1.54, 1.807) is 30.5 Å². The van der Waals surface area contributed by atoms with Crippen LogP contribution in [0.3, 0.4) is 0 Å². The maximum absolute atomic E-state index is 11.5. The number of benzene rings is 1. The molecule has 7 nitrogen and oxygen atoms in total. The minimum Gasteiger partial charge on any atom is -0.467 e. The van der Waals surface area contributed by atoms with Crippen molar-refractivity contribution >= 4 is 23.4 Å². The van der Waals surface area contributed by atoms with Crippen LogP contribution in [0.1, 0.15) is 21.8 Å². The predicted molar refractivity (Wildman–Crippen MR) is 93.9 cm³/mol. The van der Waals surface area contributed by atoms with Crippen LogP contribution >= 0.6 is 0 Å². The highest BCUT2D eigenvalue weighted by Gasteiger charge is 2.07. The van der Waals surface area contributed by atoms with Crippen LogP contribution in [0.5, 0.6) is 0 Å². The number of carbonyl (C=O) groups excluding carboxylic acids is 1. The Morgan fingerprint density at radius 1 is 1.20 bits per heavy atom. The van der Waals surface area contributed by atoms with Crippen LogP contribution in [-0.4, -0.2) is 23.0 Å². The van der Waals surface area contributed by atoms with Gasteiger partial charge in [0.05, 0.1) is 25.5 Å². The molecule has 0 saturated heterocycles. The first-order valence-electron chi connectivity index (χ1n) is 7.71. The smallest absolute Gasteiger partial charge is 0.337 e. The van der Waals surface area contributed by atoms with E-state index < -0.39 is 0 Å². The number of hydrogen-bond donors (Lipinski definition) is 2. The van der Waals surface area contributed by atoms with E-state index in [2.05, 4.69) is 25.3 Å². The summed E-state index contributed by atoms with van der Waals surface area (Å²) >= 11 is 0. The molecule has 0 spiro atoms. The molecule has 0 atom stereocenters. The van der Waals surface area contributed by atoms with E-state index in [1.807, 2.05) is 25.1 Å². The van der Waals surface area contributed by atoms with Crippen molar-refractivity contribution in [2.45, 2.75) is 13.5 Å². The Balaban J connectivity index is 1.70. The summed E-state index contributed by atoms with van der Waals surface area (Å²) in [4.78, 5) is 20.3. The number of anilines is 3.